The predicted molar refractivity (Wildman–Crippen MR) is 179 cm³/mol. The minimum atomic E-state index is -4.67. The molecule has 0 aromatic heterocycles. The van der Waals surface area contributed by atoms with Crippen LogP contribution in [0, 0.1) is 17.0 Å². The third kappa shape index (κ3) is 8.81. The van der Waals surface area contributed by atoms with Crippen LogP contribution in [-0.4, -0.2) is 55.3 Å². The van der Waals surface area contributed by atoms with Gasteiger partial charge < -0.3 is 15.0 Å². The van der Waals surface area contributed by atoms with Crippen molar-refractivity contribution in [2.75, 3.05) is 18.0 Å². The smallest absolute Gasteiger partial charge is 0.273 e. The first-order valence-corrected chi connectivity index (χ1v) is 16.6. The molecule has 0 saturated carbocycles. The monoisotopic (exact) mass is 712 g/mol. The van der Waals surface area contributed by atoms with Gasteiger partial charge in [-0.15, -0.1) is 0 Å². The number of hydrogen-bond donors (Lipinski definition) is 1. The first kappa shape index (κ1) is 36.9. The lowest BCUT2D eigenvalue weighted by molar-refractivity contribution is -0.385. The summed E-state index contributed by atoms with van der Waals surface area (Å²) in [4.78, 5) is 39.7. The molecule has 248 valence electrons. The first-order valence-electron chi connectivity index (χ1n) is 14.1. The van der Waals surface area contributed by atoms with Crippen LogP contribution in [-0.2, 0) is 26.2 Å². The molecule has 1 N–H and O–H groups in total. The van der Waals surface area contributed by atoms with Crippen LogP contribution in [0.2, 0.25) is 15.1 Å². The van der Waals surface area contributed by atoms with Gasteiger partial charge in [0.2, 0.25) is 11.8 Å². The highest BCUT2D eigenvalue weighted by Crippen LogP contribution is 2.36. The zero-order chi connectivity index (χ0) is 34.6. The third-order valence-electron chi connectivity index (χ3n) is 6.89. The number of nitro benzene ring substituents is 1. The summed E-state index contributed by atoms with van der Waals surface area (Å²) in [5.41, 5.74) is -0.447. The molecule has 0 aliphatic rings. The van der Waals surface area contributed by atoms with Gasteiger partial charge in [-0.3, -0.25) is 24.0 Å². The maximum absolute atomic E-state index is 14.4. The normalized spacial score (nSPS) is 12.3. The van der Waals surface area contributed by atoms with E-state index in [1.165, 1.54) is 55.3 Å². The van der Waals surface area contributed by atoms with Crippen molar-refractivity contribution < 1.29 is 27.7 Å². The van der Waals surface area contributed by atoms with Crippen molar-refractivity contribution in [1.82, 2.24) is 10.2 Å². The van der Waals surface area contributed by atoms with Crippen molar-refractivity contribution in [2.45, 2.75) is 64.1 Å². The molecule has 0 spiro atoms. The van der Waals surface area contributed by atoms with E-state index < -0.39 is 55.5 Å². The highest BCUT2D eigenvalue weighted by Gasteiger charge is 2.36. The molecule has 3 aromatic rings. The second-order valence-corrected chi connectivity index (χ2v) is 14.6. The standard InChI is InChI=1S/C31H35Cl3N4O7S/c1-7-25(30(40)35-31(3,4)5)36(17-20-9-10-21(32)14-24(20)34)29(39)18-37(27-15-22(33)11-13-28(27)45-6)46(43,44)23-12-8-19(2)26(16-23)38(41)42/h8-16,25H,7,17-18H2,1-6H3,(H,35,40)/t25-/m0/s1. The molecule has 0 unspecified atom stereocenters. The van der Waals surface area contributed by atoms with Crippen molar-refractivity contribution >= 4 is 68.0 Å². The van der Waals surface area contributed by atoms with Crippen molar-refractivity contribution in [3.05, 3.63) is 90.9 Å². The Morgan fingerprint density at radius 3 is 2.22 bits per heavy atom. The van der Waals surface area contributed by atoms with Crippen LogP contribution < -0.4 is 14.4 Å². The summed E-state index contributed by atoms with van der Waals surface area (Å²) in [6.07, 6.45) is 0.177. The van der Waals surface area contributed by atoms with E-state index in [-0.39, 0.29) is 40.0 Å². The van der Waals surface area contributed by atoms with Crippen molar-refractivity contribution in [3.63, 3.8) is 0 Å². The Morgan fingerprint density at radius 2 is 1.65 bits per heavy atom. The summed E-state index contributed by atoms with van der Waals surface area (Å²) in [5.74, 6) is -1.17. The van der Waals surface area contributed by atoms with E-state index in [1.54, 1.807) is 39.8 Å². The maximum atomic E-state index is 14.4. The molecular weight excluding hydrogens is 679 g/mol. The molecule has 0 aliphatic carbocycles. The molecule has 1 atom stereocenters. The van der Waals surface area contributed by atoms with Gasteiger partial charge in [0.1, 0.15) is 18.3 Å². The number of amides is 2. The minimum Gasteiger partial charge on any atom is -0.495 e. The first-order chi connectivity index (χ1) is 21.4. The van der Waals surface area contributed by atoms with Crippen LogP contribution in [0.15, 0.2) is 59.5 Å². The number of carbonyl (C=O) groups excluding carboxylic acids is 2. The molecule has 0 saturated heterocycles. The topological polar surface area (TPSA) is 139 Å². The van der Waals surface area contributed by atoms with Gasteiger partial charge in [0.05, 0.1) is 22.6 Å². The van der Waals surface area contributed by atoms with Crippen LogP contribution in [0.4, 0.5) is 11.4 Å². The number of methoxy groups -OCH3 is 1. The Morgan fingerprint density at radius 1 is 1.02 bits per heavy atom. The number of hydrogen-bond acceptors (Lipinski definition) is 7. The Hall–Kier alpha value is -3.58. The Balaban J connectivity index is 2.22. The SMILES string of the molecule is CC[C@@H](C(=O)NC(C)(C)C)N(Cc1ccc(Cl)cc1Cl)C(=O)CN(c1cc(Cl)ccc1OC)S(=O)(=O)c1ccc(C)c([N+](=O)[O-])c1. The van der Waals surface area contributed by atoms with Gasteiger partial charge >= 0.3 is 0 Å². The molecule has 0 fully saturated rings. The summed E-state index contributed by atoms with van der Waals surface area (Å²) < 4.78 is 34.8. The number of nitrogens with one attached hydrogen (secondary N) is 1. The summed E-state index contributed by atoms with van der Waals surface area (Å²) >= 11 is 18.8. The van der Waals surface area contributed by atoms with Gasteiger partial charge in [-0.25, -0.2) is 8.42 Å². The van der Waals surface area contributed by atoms with Crippen molar-refractivity contribution in [2.24, 2.45) is 0 Å². The molecule has 2 amide bonds. The molecule has 3 rings (SSSR count). The third-order valence-corrected chi connectivity index (χ3v) is 9.47. The van der Waals surface area contributed by atoms with Crippen molar-refractivity contribution in [3.8, 4) is 5.75 Å². The fraction of sp³-hybridized carbons (Fsp3) is 0.355. The quantitative estimate of drug-likeness (QED) is 0.161. The molecule has 46 heavy (non-hydrogen) atoms. The number of ether oxygens (including phenoxy) is 1. The lowest BCUT2D eigenvalue weighted by Crippen LogP contribution is -2.55. The fourth-order valence-corrected chi connectivity index (χ4v) is 6.72. The van der Waals surface area contributed by atoms with E-state index in [9.17, 15) is 28.1 Å². The number of carbonyl (C=O) groups is 2. The van der Waals surface area contributed by atoms with Crippen LogP contribution in [0.3, 0.4) is 0 Å². The van der Waals surface area contributed by atoms with E-state index in [0.717, 1.165) is 10.4 Å². The van der Waals surface area contributed by atoms with E-state index in [4.69, 9.17) is 39.5 Å². The van der Waals surface area contributed by atoms with Gasteiger partial charge in [-0.2, -0.15) is 0 Å². The average Bonchev–Trinajstić information content (AvgIpc) is 2.95. The molecule has 11 nitrogen and oxygen atoms in total. The summed E-state index contributed by atoms with van der Waals surface area (Å²) in [7, 11) is -3.36. The number of sulfonamides is 1. The maximum Gasteiger partial charge on any atom is 0.273 e. The van der Waals surface area contributed by atoms with Crippen LogP contribution in [0.5, 0.6) is 5.75 Å². The number of aryl methyl sites for hydroxylation is 1. The second-order valence-electron chi connectivity index (χ2n) is 11.5. The van der Waals surface area contributed by atoms with Gasteiger partial charge in [-0.1, -0.05) is 53.9 Å². The van der Waals surface area contributed by atoms with Crippen LogP contribution in [0.1, 0.15) is 45.2 Å². The average molecular weight is 714 g/mol. The van der Waals surface area contributed by atoms with Gasteiger partial charge in [0, 0.05) is 38.8 Å². The van der Waals surface area contributed by atoms with Gasteiger partial charge in [0.15, 0.2) is 0 Å². The van der Waals surface area contributed by atoms with E-state index in [1.807, 2.05) is 0 Å². The predicted octanol–water partition coefficient (Wildman–Crippen LogP) is 6.79. The Bertz CT molecular complexity index is 1750. The zero-order valence-electron chi connectivity index (χ0n) is 26.1. The number of nitro groups is 1. The molecule has 0 heterocycles. The van der Waals surface area contributed by atoms with Crippen LogP contribution >= 0.6 is 34.8 Å². The molecular formula is C31H35Cl3N4O7S. The molecule has 0 radical (unpaired) electrons. The minimum absolute atomic E-state index is 0.0622. The summed E-state index contributed by atoms with van der Waals surface area (Å²) in [6, 6.07) is 11.3. The molecule has 15 heteroatoms. The fourth-order valence-electron chi connectivity index (χ4n) is 4.65. The van der Waals surface area contributed by atoms with Crippen LogP contribution in [0.25, 0.3) is 0 Å². The lowest BCUT2D eigenvalue weighted by atomic mass is 10.1. The lowest BCUT2D eigenvalue weighted by Gasteiger charge is -2.35. The molecule has 0 aliphatic heterocycles. The highest BCUT2D eigenvalue weighted by molar-refractivity contribution is 7.92. The molecule has 3 aromatic carbocycles. The van der Waals surface area contributed by atoms with Gasteiger partial charge in [-0.05, 0) is 76.1 Å². The highest BCUT2D eigenvalue weighted by atomic mass is 35.5. The van der Waals surface area contributed by atoms with E-state index in [2.05, 4.69) is 5.32 Å². The van der Waals surface area contributed by atoms with E-state index >= 15 is 0 Å². The number of benzene rings is 3. The second kappa shape index (κ2) is 14.9. The number of halogens is 3. The van der Waals surface area contributed by atoms with E-state index in [0.29, 0.717) is 10.6 Å². The molecule has 0 bridgehead atoms. The summed E-state index contributed by atoms with van der Waals surface area (Å²) in [5, 5.41) is 15.3. The number of rotatable bonds is 12. The number of anilines is 1. The van der Waals surface area contributed by atoms with Gasteiger partial charge in [0.25, 0.3) is 15.7 Å². The Kier molecular flexibility index (Phi) is 11.9. The zero-order valence-corrected chi connectivity index (χ0v) is 29.2. The largest absolute Gasteiger partial charge is 0.495 e. The summed E-state index contributed by atoms with van der Waals surface area (Å²) in [6.45, 7) is 7.58. The van der Waals surface area contributed by atoms with Crippen molar-refractivity contribution in [1.29, 1.82) is 0 Å². The Labute approximate surface area is 283 Å². The number of nitrogens with zero attached hydrogens (tertiary/aromatic N) is 3.